The largest absolute Gasteiger partial charge is 0.467 e. The predicted octanol–water partition coefficient (Wildman–Crippen LogP) is 2.64. The number of aliphatic hydroxyl groups is 1. The van der Waals surface area contributed by atoms with Crippen LogP contribution in [0, 0.1) is 0 Å². The van der Waals surface area contributed by atoms with Gasteiger partial charge in [0.15, 0.2) is 0 Å². The third-order valence-electron chi connectivity index (χ3n) is 4.70. The van der Waals surface area contributed by atoms with Crippen LogP contribution in [0.15, 0.2) is 29.0 Å². The number of morpholine rings is 1. The lowest BCUT2D eigenvalue weighted by molar-refractivity contribution is -0.0324. The van der Waals surface area contributed by atoms with Crippen molar-refractivity contribution < 1.29 is 14.3 Å². The van der Waals surface area contributed by atoms with Gasteiger partial charge >= 0.3 is 0 Å². The molecule has 2 aromatic heterocycles. The molecule has 2 aromatic rings. The first-order valence-electron chi connectivity index (χ1n) is 8.91. The van der Waals surface area contributed by atoms with Gasteiger partial charge < -0.3 is 14.3 Å². The quantitative estimate of drug-likeness (QED) is 0.901. The van der Waals surface area contributed by atoms with Crippen LogP contribution >= 0.6 is 0 Å². The zero-order valence-electron chi connectivity index (χ0n) is 15.6. The molecule has 0 radical (unpaired) electrons. The molecular formula is C19H29N3O3. The number of rotatable bonds is 5. The van der Waals surface area contributed by atoms with Crippen molar-refractivity contribution in [2.75, 3.05) is 19.8 Å². The number of nitrogens with zero attached hydrogens (tertiary/aromatic N) is 3. The highest BCUT2D eigenvalue weighted by molar-refractivity contribution is 5.24. The monoisotopic (exact) mass is 347 g/mol. The highest BCUT2D eigenvalue weighted by Gasteiger charge is 2.29. The van der Waals surface area contributed by atoms with Crippen LogP contribution in [0.4, 0.5) is 0 Å². The Morgan fingerprint density at radius 3 is 2.88 bits per heavy atom. The van der Waals surface area contributed by atoms with Crippen molar-refractivity contribution in [1.82, 2.24) is 14.7 Å². The van der Waals surface area contributed by atoms with Gasteiger partial charge in [-0.1, -0.05) is 20.8 Å². The van der Waals surface area contributed by atoms with Crippen molar-refractivity contribution in [3.8, 4) is 0 Å². The van der Waals surface area contributed by atoms with Crippen LogP contribution < -0.4 is 0 Å². The van der Waals surface area contributed by atoms with Crippen LogP contribution in [-0.2, 0) is 23.7 Å². The zero-order valence-corrected chi connectivity index (χ0v) is 15.6. The van der Waals surface area contributed by atoms with E-state index in [0.717, 1.165) is 25.4 Å². The SMILES string of the molecule is Cn1cc(CN2CCOCC2CC(O)c2ccco2)c(C(C)(C)C)n1. The van der Waals surface area contributed by atoms with Crippen molar-refractivity contribution in [3.63, 3.8) is 0 Å². The van der Waals surface area contributed by atoms with E-state index in [9.17, 15) is 5.11 Å². The molecule has 25 heavy (non-hydrogen) atoms. The Kier molecular flexibility index (Phi) is 5.32. The maximum Gasteiger partial charge on any atom is 0.132 e. The Hall–Kier alpha value is -1.63. The fraction of sp³-hybridized carbons (Fsp3) is 0.632. The first-order valence-corrected chi connectivity index (χ1v) is 8.91. The van der Waals surface area contributed by atoms with Crippen LogP contribution in [0.25, 0.3) is 0 Å². The maximum atomic E-state index is 10.4. The molecule has 0 bridgehead atoms. The molecule has 1 aliphatic heterocycles. The lowest BCUT2D eigenvalue weighted by atomic mass is 9.89. The van der Waals surface area contributed by atoms with Gasteiger partial charge in [0.25, 0.3) is 0 Å². The molecule has 0 saturated carbocycles. The summed E-state index contributed by atoms with van der Waals surface area (Å²) in [5.41, 5.74) is 2.38. The zero-order chi connectivity index (χ0) is 18.0. The van der Waals surface area contributed by atoms with Crippen LogP contribution in [0.2, 0.25) is 0 Å². The second-order valence-electron chi connectivity index (χ2n) is 7.89. The summed E-state index contributed by atoms with van der Waals surface area (Å²) in [6, 6.07) is 3.78. The van der Waals surface area contributed by atoms with Gasteiger partial charge in [-0.15, -0.1) is 0 Å². The number of furan rings is 1. The third kappa shape index (κ3) is 4.32. The number of aryl methyl sites for hydroxylation is 1. The minimum Gasteiger partial charge on any atom is -0.467 e. The first kappa shape index (κ1) is 18.2. The van der Waals surface area contributed by atoms with Gasteiger partial charge in [-0.25, -0.2) is 0 Å². The minimum atomic E-state index is -0.611. The first-order chi connectivity index (χ1) is 11.8. The average molecular weight is 347 g/mol. The maximum absolute atomic E-state index is 10.4. The van der Waals surface area contributed by atoms with Gasteiger partial charge in [0.05, 0.1) is 25.2 Å². The van der Waals surface area contributed by atoms with E-state index in [1.807, 2.05) is 17.8 Å². The summed E-state index contributed by atoms with van der Waals surface area (Å²) in [7, 11) is 1.97. The molecular weight excluding hydrogens is 318 g/mol. The molecule has 6 nitrogen and oxygen atoms in total. The fourth-order valence-electron chi connectivity index (χ4n) is 3.47. The second kappa shape index (κ2) is 7.32. The standard InChI is InChI=1S/C19H29N3O3/c1-19(2,3)18-14(11-21(4)20-18)12-22-7-9-24-13-15(22)10-16(23)17-6-5-8-25-17/h5-6,8,11,15-16,23H,7,9-10,12-13H2,1-4H3. The van der Waals surface area contributed by atoms with Crippen molar-refractivity contribution in [2.45, 2.75) is 51.3 Å². The Balaban J connectivity index is 1.74. The topological polar surface area (TPSA) is 63.7 Å². The summed E-state index contributed by atoms with van der Waals surface area (Å²) in [5, 5.41) is 15.1. The molecule has 0 aliphatic carbocycles. The molecule has 6 heteroatoms. The van der Waals surface area contributed by atoms with E-state index in [1.165, 1.54) is 5.56 Å². The normalized spacial score (nSPS) is 20.8. The smallest absolute Gasteiger partial charge is 0.132 e. The molecule has 0 aromatic carbocycles. The fourth-order valence-corrected chi connectivity index (χ4v) is 3.47. The van der Waals surface area contributed by atoms with Gasteiger partial charge in [0.2, 0.25) is 0 Å². The molecule has 138 valence electrons. The second-order valence-corrected chi connectivity index (χ2v) is 7.89. The lowest BCUT2D eigenvalue weighted by Gasteiger charge is -2.36. The number of aromatic nitrogens is 2. The molecule has 1 saturated heterocycles. The molecule has 2 unspecified atom stereocenters. The Labute approximate surface area is 149 Å². The van der Waals surface area contributed by atoms with Gasteiger partial charge in [-0.2, -0.15) is 5.10 Å². The summed E-state index contributed by atoms with van der Waals surface area (Å²) in [5.74, 6) is 0.613. The predicted molar refractivity (Wildman–Crippen MR) is 95.2 cm³/mol. The Bertz CT molecular complexity index is 673. The Morgan fingerprint density at radius 2 is 2.20 bits per heavy atom. The molecule has 2 atom stereocenters. The van der Waals surface area contributed by atoms with Gasteiger partial charge in [0.1, 0.15) is 11.9 Å². The highest BCUT2D eigenvalue weighted by atomic mass is 16.5. The molecule has 1 N–H and O–H groups in total. The number of hydrogen-bond donors (Lipinski definition) is 1. The van der Waals surface area contributed by atoms with Crippen LogP contribution in [0.1, 0.15) is 50.3 Å². The van der Waals surface area contributed by atoms with E-state index < -0.39 is 6.10 Å². The lowest BCUT2D eigenvalue weighted by Crippen LogP contribution is -2.45. The van der Waals surface area contributed by atoms with Gasteiger partial charge in [-0.05, 0) is 18.6 Å². The van der Waals surface area contributed by atoms with E-state index in [-0.39, 0.29) is 11.5 Å². The summed E-state index contributed by atoms with van der Waals surface area (Å²) in [6.07, 6.45) is 3.69. The molecule has 0 spiro atoms. The third-order valence-corrected chi connectivity index (χ3v) is 4.70. The summed E-state index contributed by atoms with van der Waals surface area (Å²) >= 11 is 0. The van der Waals surface area contributed by atoms with Crippen LogP contribution in [0.5, 0.6) is 0 Å². The number of ether oxygens (including phenoxy) is 1. The van der Waals surface area contributed by atoms with E-state index >= 15 is 0 Å². The minimum absolute atomic E-state index is 0.00601. The molecule has 0 amide bonds. The van der Waals surface area contributed by atoms with E-state index in [0.29, 0.717) is 18.8 Å². The van der Waals surface area contributed by atoms with Gasteiger partial charge in [0, 0.05) is 43.4 Å². The van der Waals surface area contributed by atoms with Gasteiger partial charge in [-0.3, -0.25) is 9.58 Å². The highest BCUT2D eigenvalue weighted by Crippen LogP contribution is 2.28. The molecule has 3 heterocycles. The van der Waals surface area contributed by atoms with E-state index in [2.05, 4.69) is 37.0 Å². The molecule has 1 fully saturated rings. The van der Waals surface area contributed by atoms with Crippen molar-refractivity contribution in [3.05, 3.63) is 41.6 Å². The van der Waals surface area contributed by atoms with E-state index in [4.69, 9.17) is 9.15 Å². The molecule has 3 rings (SSSR count). The van der Waals surface area contributed by atoms with Crippen molar-refractivity contribution in [2.24, 2.45) is 7.05 Å². The van der Waals surface area contributed by atoms with E-state index in [1.54, 1.807) is 12.3 Å². The Morgan fingerprint density at radius 1 is 1.40 bits per heavy atom. The number of hydrogen-bond acceptors (Lipinski definition) is 5. The number of aliphatic hydroxyl groups excluding tert-OH is 1. The summed E-state index contributed by atoms with van der Waals surface area (Å²) < 4.78 is 12.9. The summed E-state index contributed by atoms with van der Waals surface area (Å²) in [4.78, 5) is 2.39. The summed E-state index contributed by atoms with van der Waals surface area (Å²) in [6.45, 7) is 9.59. The van der Waals surface area contributed by atoms with Crippen LogP contribution in [-0.4, -0.2) is 45.6 Å². The van der Waals surface area contributed by atoms with Crippen LogP contribution in [0.3, 0.4) is 0 Å². The molecule has 1 aliphatic rings. The van der Waals surface area contributed by atoms with Crippen molar-refractivity contribution >= 4 is 0 Å². The average Bonchev–Trinajstić information content (AvgIpc) is 3.18. The van der Waals surface area contributed by atoms with Crippen molar-refractivity contribution in [1.29, 1.82) is 0 Å².